The van der Waals surface area contributed by atoms with Crippen molar-refractivity contribution >= 4 is 17.8 Å². The van der Waals surface area contributed by atoms with Crippen LogP contribution in [0.2, 0.25) is 0 Å². The molecule has 8 heteroatoms. The maximum absolute atomic E-state index is 11.1. The average molecular weight is 458 g/mol. The first kappa shape index (κ1) is 26.1. The van der Waals surface area contributed by atoms with Gasteiger partial charge < -0.3 is 21.2 Å². The third-order valence-electron chi connectivity index (χ3n) is 4.80. The summed E-state index contributed by atoms with van der Waals surface area (Å²) in [5.41, 5.74) is 9.71. The van der Waals surface area contributed by atoms with Crippen LogP contribution in [0.15, 0.2) is 84.8 Å². The van der Waals surface area contributed by atoms with Crippen molar-refractivity contribution in [1.82, 2.24) is 10.3 Å². The van der Waals surface area contributed by atoms with Crippen LogP contribution in [0, 0.1) is 11.3 Å². The summed E-state index contributed by atoms with van der Waals surface area (Å²) in [6, 6.07) is 22.7. The highest BCUT2D eigenvalue weighted by Gasteiger charge is 2.08. The van der Waals surface area contributed by atoms with Crippen LogP contribution in [0.5, 0.6) is 0 Å². The summed E-state index contributed by atoms with van der Waals surface area (Å²) in [5, 5.41) is 16.3. The Labute approximate surface area is 200 Å². The molecule has 1 aromatic heterocycles. The van der Waals surface area contributed by atoms with Crippen molar-refractivity contribution in [2.24, 2.45) is 11.6 Å². The minimum absolute atomic E-state index is 0.269. The van der Waals surface area contributed by atoms with Gasteiger partial charge in [0.05, 0.1) is 29.6 Å². The first-order valence-electron chi connectivity index (χ1n) is 10.8. The SMILES string of the molecule is CNc1ccc(N(N)/C=C(/C)N)cn1.N#Cc1ccc(CCNC(C=O)c2ccccc2)cc1. The molecule has 176 valence electrons. The molecule has 0 saturated carbocycles. The van der Waals surface area contributed by atoms with Gasteiger partial charge in [-0.25, -0.2) is 10.8 Å². The number of carbonyl (C=O) groups is 1. The summed E-state index contributed by atoms with van der Waals surface area (Å²) < 4.78 is 0. The summed E-state index contributed by atoms with van der Waals surface area (Å²) in [6.07, 6.45) is 5.05. The van der Waals surface area contributed by atoms with Crippen LogP contribution in [0.1, 0.15) is 29.7 Å². The summed E-state index contributed by atoms with van der Waals surface area (Å²) >= 11 is 0. The van der Waals surface area contributed by atoms with Gasteiger partial charge in [-0.1, -0.05) is 42.5 Å². The van der Waals surface area contributed by atoms with E-state index in [0.29, 0.717) is 17.8 Å². The second-order valence-electron chi connectivity index (χ2n) is 7.47. The smallest absolute Gasteiger partial charge is 0.141 e. The molecule has 0 fully saturated rings. The molecule has 3 rings (SSSR count). The number of hydrazine groups is 1. The lowest BCUT2D eigenvalue weighted by atomic mass is 10.1. The van der Waals surface area contributed by atoms with Crippen LogP contribution < -0.4 is 27.2 Å². The van der Waals surface area contributed by atoms with E-state index in [0.717, 1.165) is 35.3 Å². The number of nitrogens with zero attached hydrogens (tertiary/aromatic N) is 3. The Balaban J connectivity index is 0.000000257. The molecular formula is C26H31N7O. The lowest BCUT2D eigenvalue weighted by molar-refractivity contribution is -0.109. The van der Waals surface area contributed by atoms with Gasteiger partial charge >= 0.3 is 0 Å². The van der Waals surface area contributed by atoms with E-state index < -0.39 is 0 Å². The van der Waals surface area contributed by atoms with Crippen LogP contribution in [-0.2, 0) is 11.2 Å². The van der Waals surface area contributed by atoms with Crippen LogP contribution >= 0.6 is 0 Å². The minimum atomic E-state index is -0.269. The van der Waals surface area contributed by atoms with Gasteiger partial charge in [0, 0.05) is 25.5 Å². The monoisotopic (exact) mass is 457 g/mol. The fraction of sp³-hybridized carbons (Fsp3) is 0.192. The largest absolute Gasteiger partial charge is 0.401 e. The average Bonchev–Trinajstić information content (AvgIpc) is 2.87. The summed E-state index contributed by atoms with van der Waals surface area (Å²) in [4.78, 5) is 15.3. The van der Waals surface area contributed by atoms with Crippen molar-refractivity contribution in [2.45, 2.75) is 19.4 Å². The van der Waals surface area contributed by atoms with E-state index in [4.69, 9.17) is 16.8 Å². The number of anilines is 2. The van der Waals surface area contributed by atoms with Gasteiger partial charge in [0.15, 0.2) is 0 Å². The number of aldehydes is 1. The van der Waals surface area contributed by atoms with E-state index in [1.807, 2.05) is 73.8 Å². The molecule has 0 amide bonds. The number of hydrogen-bond donors (Lipinski definition) is 4. The van der Waals surface area contributed by atoms with E-state index in [9.17, 15) is 4.79 Å². The van der Waals surface area contributed by atoms with Gasteiger partial charge in [0.25, 0.3) is 0 Å². The van der Waals surface area contributed by atoms with E-state index in [1.54, 1.807) is 19.3 Å². The normalized spacial score (nSPS) is 11.4. The zero-order chi connectivity index (χ0) is 24.8. The van der Waals surface area contributed by atoms with Crippen molar-refractivity contribution in [3.8, 4) is 6.07 Å². The van der Waals surface area contributed by atoms with E-state index in [1.165, 1.54) is 5.01 Å². The van der Waals surface area contributed by atoms with Crippen molar-refractivity contribution < 1.29 is 4.79 Å². The van der Waals surface area contributed by atoms with Crippen LogP contribution in [0.3, 0.4) is 0 Å². The van der Waals surface area contributed by atoms with Gasteiger partial charge in [-0.05, 0) is 48.7 Å². The van der Waals surface area contributed by atoms with E-state index >= 15 is 0 Å². The van der Waals surface area contributed by atoms with Gasteiger partial charge in [-0.3, -0.25) is 5.01 Å². The third kappa shape index (κ3) is 8.74. The Morgan fingerprint density at radius 1 is 1.15 bits per heavy atom. The summed E-state index contributed by atoms with van der Waals surface area (Å²) in [5.74, 6) is 6.51. The number of pyridine rings is 1. The molecule has 0 bridgehead atoms. The van der Waals surface area contributed by atoms with Crippen molar-refractivity contribution in [2.75, 3.05) is 23.9 Å². The highest BCUT2D eigenvalue weighted by atomic mass is 16.1. The highest BCUT2D eigenvalue weighted by Crippen LogP contribution is 2.12. The van der Waals surface area contributed by atoms with Gasteiger partial charge in [0.1, 0.15) is 12.1 Å². The van der Waals surface area contributed by atoms with E-state index in [-0.39, 0.29) is 6.04 Å². The Morgan fingerprint density at radius 3 is 2.38 bits per heavy atom. The number of carbonyl (C=O) groups excluding carboxylic acids is 1. The van der Waals surface area contributed by atoms with Gasteiger partial charge in [-0.15, -0.1) is 0 Å². The number of rotatable bonds is 9. The zero-order valence-corrected chi connectivity index (χ0v) is 19.5. The molecule has 1 unspecified atom stereocenters. The number of nitrogens with one attached hydrogen (secondary N) is 2. The zero-order valence-electron chi connectivity index (χ0n) is 19.5. The van der Waals surface area contributed by atoms with E-state index in [2.05, 4.69) is 21.7 Å². The Morgan fingerprint density at radius 2 is 1.85 bits per heavy atom. The maximum atomic E-state index is 11.1. The predicted octanol–water partition coefficient (Wildman–Crippen LogP) is 3.25. The molecule has 34 heavy (non-hydrogen) atoms. The standard InChI is InChI=1S/C17H16N2O.C9H15N5/c18-12-15-8-6-14(7-9-15)10-11-19-17(13-20)16-4-2-1-3-5-16;1-7(10)6-14(11)8-3-4-9(12-2)13-5-8/h1-9,13,17,19H,10-11H2;3-6H,10-11H2,1-2H3,(H,12,13)/b;7-6-. The Hall–Kier alpha value is -4.19. The minimum Gasteiger partial charge on any atom is -0.401 e. The third-order valence-corrected chi connectivity index (χ3v) is 4.80. The van der Waals surface area contributed by atoms with Crippen molar-refractivity contribution in [1.29, 1.82) is 5.26 Å². The van der Waals surface area contributed by atoms with Crippen molar-refractivity contribution in [3.63, 3.8) is 0 Å². The van der Waals surface area contributed by atoms with Crippen LogP contribution in [-0.4, -0.2) is 24.9 Å². The predicted molar refractivity (Wildman–Crippen MR) is 137 cm³/mol. The molecule has 0 saturated heterocycles. The first-order valence-corrected chi connectivity index (χ1v) is 10.8. The van der Waals surface area contributed by atoms with Gasteiger partial charge in [0.2, 0.25) is 0 Å². The molecule has 0 radical (unpaired) electrons. The van der Waals surface area contributed by atoms with Crippen LogP contribution in [0.25, 0.3) is 0 Å². The summed E-state index contributed by atoms with van der Waals surface area (Å²) in [6.45, 7) is 2.49. The number of nitriles is 1. The molecule has 8 nitrogen and oxygen atoms in total. The molecule has 0 aliphatic heterocycles. The molecule has 1 atom stereocenters. The molecular weight excluding hydrogens is 426 g/mol. The van der Waals surface area contributed by atoms with Crippen LogP contribution in [0.4, 0.5) is 11.5 Å². The van der Waals surface area contributed by atoms with Crippen molar-refractivity contribution in [3.05, 3.63) is 102 Å². The fourth-order valence-electron chi connectivity index (χ4n) is 3.00. The highest BCUT2D eigenvalue weighted by molar-refractivity contribution is 5.61. The molecule has 0 aliphatic rings. The molecule has 0 spiro atoms. The molecule has 0 aliphatic carbocycles. The van der Waals surface area contributed by atoms with Gasteiger partial charge in [-0.2, -0.15) is 5.26 Å². The molecule has 3 aromatic rings. The second kappa shape index (κ2) is 14.1. The summed E-state index contributed by atoms with van der Waals surface area (Å²) in [7, 11) is 1.81. The quantitative estimate of drug-likeness (QED) is 0.219. The Kier molecular flexibility index (Phi) is 10.8. The number of allylic oxidation sites excluding steroid dienone is 1. The number of nitrogens with two attached hydrogens (primary N) is 2. The molecule has 6 N–H and O–H groups in total. The number of aromatic nitrogens is 1. The lowest BCUT2D eigenvalue weighted by Crippen LogP contribution is -2.25. The molecule has 1 heterocycles. The molecule has 2 aromatic carbocycles. The Bertz CT molecular complexity index is 1070. The lowest BCUT2D eigenvalue weighted by Gasteiger charge is -2.13. The first-order chi connectivity index (χ1) is 16.5. The topological polar surface area (TPSA) is 133 Å². The maximum Gasteiger partial charge on any atom is 0.141 e. The second-order valence-corrected chi connectivity index (χ2v) is 7.47. The number of benzene rings is 2. The number of hydrogen-bond acceptors (Lipinski definition) is 8. The fourth-order valence-corrected chi connectivity index (χ4v) is 3.00.